The molecule has 1 aliphatic heterocycles. The van der Waals surface area contributed by atoms with Crippen molar-refractivity contribution in [2.75, 3.05) is 20.2 Å². The summed E-state index contributed by atoms with van der Waals surface area (Å²) in [5.41, 5.74) is 6.93. The fourth-order valence-corrected chi connectivity index (χ4v) is 2.74. The fraction of sp³-hybridized carbons (Fsp3) is 0.562. The van der Waals surface area contributed by atoms with Crippen molar-refractivity contribution in [3.63, 3.8) is 0 Å². The molecule has 2 rings (SSSR count). The number of halogens is 1. The average Bonchev–Trinajstić information content (AvgIpc) is 2.47. The van der Waals surface area contributed by atoms with Crippen molar-refractivity contribution in [2.45, 2.75) is 32.2 Å². The minimum atomic E-state index is 0. The molecule has 0 aromatic heterocycles. The van der Waals surface area contributed by atoms with Crippen LogP contribution in [0.4, 0.5) is 0 Å². The number of nitrogens with zero attached hydrogens (tertiary/aromatic N) is 1. The Morgan fingerprint density at radius 1 is 1.43 bits per heavy atom. The summed E-state index contributed by atoms with van der Waals surface area (Å²) >= 11 is 0. The smallest absolute Gasteiger partial charge is 0.226 e. The number of methoxy groups -OCH3 is 1. The van der Waals surface area contributed by atoms with Crippen LogP contribution in [-0.2, 0) is 11.2 Å². The van der Waals surface area contributed by atoms with Crippen LogP contribution in [-0.4, -0.2) is 37.0 Å². The Balaban J connectivity index is 0.00000220. The van der Waals surface area contributed by atoms with Gasteiger partial charge in [-0.15, -0.1) is 12.4 Å². The highest BCUT2D eigenvalue weighted by Crippen LogP contribution is 2.20. The first-order chi connectivity index (χ1) is 9.60. The van der Waals surface area contributed by atoms with Crippen molar-refractivity contribution in [2.24, 2.45) is 11.7 Å². The van der Waals surface area contributed by atoms with Crippen molar-refractivity contribution < 1.29 is 9.53 Å². The van der Waals surface area contributed by atoms with E-state index in [1.54, 1.807) is 7.11 Å². The number of carbonyl (C=O) groups excluding carboxylic acids is 1. The number of benzene rings is 1. The molecule has 4 nitrogen and oxygen atoms in total. The van der Waals surface area contributed by atoms with Crippen LogP contribution in [0.3, 0.4) is 0 Å². The first kappa shape index (κ1) is 17.8. The van der Waals surface area contributed by atoms with Crippen LogP contribution in [0.15, 0.2) is 24.3 Å². The van der Waals surface area contributed by atoms with Gasteiger partial charge in [-0.2, -0.15) is 0 Å². The number of hydrogen-bond acceptors (Lipinski definition) is 3. The highest BCUT2D eigenvalue weighted by atomic mass is 35.5. The van der Waals surface area contributed by atoms with Gasteiger partial charge in [0.05, 0.1) is 13.5 Å². The third kappa shape index (κ3) is 4.90. The molecule has 0 saturated carbocycles. The number of likely N-dealkylation sites (tertiary alicyclic amines) is 1. The summed E-state index contributed by atoms with van der Waals surface area (Å²) in [6.45, 7) is 3.71. The molecular formula is C16H25ClN2O2. The normalized spacial score (nSPS) is 17.0. The van der Waals surface area contributed by atoms with Gasteiger partial charge in [0, 0.05) is 19.1 Å². The summed E-state index contributed by atoms with van der Waals surface area (Å²) < 4.78 is 5.18. The Kier molecular flexibility index (Phi) is 6.99. The van der Waals surface area contributed by atoms with E-state index in [1.165, 1.54) is 0 Å². The maximum Gasteiger partial charge on any atom is 0.226 e. The lowest BCUT2D eigenvalue weighted by Gasteiger charge is -2.33. The zero-order chi connectivity index (χ0) is 14.5. The molecule has 1 aromatic carbocycles. The molecule has 1 amide bonds. The van der Waals surface area contributed by atoms with Crippen LogP contribution < -0.4 is 10.5 Å². The minimum Gasteiger partial charge on any atom is -0.497 e. The number of rotatable bonds is 4. The lowest BCUT2D eigenvalue weighted by atomic mass is 9.91. The predicted molar refractivity (Wildman–Crippen MR) is 86.9 cm³/mol. The van der Waals surface area contributed by atoms with Gasteiger partial charge in [-0.05, 0) is 43.4 Å². The van der Waals surface area contributed by atoms with E-state index in [2.05, 4.69) is 6.92 Å². The molecule has 1 aliphatic rings. The Hall–Kier alpha value is -1.26. The van der Waals surface area contributed by atoms with Gasteiger partial charge in [0.25, 0.3) is 0 Å². The second-order valence-corrected chi connectivity index (χ2v) is 5.61. The minimum absolute atomic E-state index is 0. The summed E-state index contributed by atoms with van der Waals surface area (Å²) in [5.74, 6) is 1.54. The molecule has 0 bridgehead atoms. The molecule has 1 unspecified atom stereocenters. The predicted octanol–water partition coefficient (Wildman–Crippen LogP) is 2.25. The van der Waals surface area contributed by atoms with Crippen LogP contribution in [0.25, 0.3) is 0 Å². The van der Waals surface area contributed by atoms with Gasteiger partial charge in [0.2, 0.25) is 5.91 Å². The van der Waals surface area contributed by atoms with Gasteiger partial charge in [-0.1, -0.05) is 12.1 Å². The van der Waals surface area contributed by atoms with Gasteiger partial charge < -0.3 is 15.4 Å². The number of hydrogen-bond donors (Lipinski definition) is 1. The first-order valence-corrected chi connectivity index (χ1v) is 7.26. The summed E-state index contributed by atoms with van der Waals surface area (Å²) in [6, 6.07) is 7.93. The van der Waals surface area contributed by atoms with Gasteiger partial charge in [0.15, 0.2) is 0 Å². The number of carbonyl (C=O) groups is 1. The molecule has 0 aliphatic carbocycles. The van der Waals surface area contributed by atoms with Crippen LogP contribution in [0.5, 0.6) is 5.75 Å². The van der Waals surface area contributed by atoms with Gasteiger partial charge in [0.1, 0.15) is 5.75 Å². The first-order valence-electron chi connectivity index (χ1n) is 7.26. The average molecular weight is 313 g/mol. The van der Waals surface area contributed by atoms with Crippen molar-refractivity contribution >= 4 is 18.3 Å². The van der Waals surface area contributed by atoms with Gasteiger partial charge >= 0.3 is 0 Å². The third-order valence-corrected chi connectivity index (χ3v) is 4.13. The quantitative estimate of drug-likeness (QED) is 0.927. The highest BCUT2D eigenvalue weighted by molar-refractivity contribution is 5.85. The monoisotopic (exact) mass is 312 g/mol. The van der Waals surface area contributed by atoms with E-state index < -0.39 is 0 Å². The molecule has 21 heavy (non-hydrogen) atoms. The molecule has 1 atom stereocenters. The molecule has 1 fully saturated rings. The van der Waals surface area contributed by atoms with Crippen LogP contribution >= 0.6 is 12.4 Å². The van der Waals surface area contributed by atoms with E-state index >= 15 is 0 Å². The standard InChI is InChI=1S/C16H24N2O2.ClH/c1-12(17)14-6-8-18(9-7-14)16(19)11-13-4-3-5-15(10-13)20-2;/h3-5,10,12,14H,6-9,11,17H2,1-2H3;1H. The zero-order valence-electron chi connectivity index (χ0n) is 12.7. The SMILES string of the molecule is COc1cccc(CC(=O)N2CCC(C(C)N)CC2)c1.Cl. The molecule has 0 radical (unpaired) electrons. The molecule has 2 N–H and O–H groups in total. The van der Waals surface area contributed by atoms with E-state index in [0.29, 0.717) is 12.3 Å². The van der Waals surface area contributed by atoms with Crippen molar-refractivity contribution in [1.29, 1.82) is 0 Å². The number of piperidine rings is 1. The Morgan fingerprint density at radius 3 is 2.67 bits per heavy atom. The summed E-state index contributed by atoms with van der Waals surface area (Å²) in [7, 11) is 1.64. The Labute approximate surface area is 133 Å². The van der Waals surface area contributed by atoms with Gasteiger partial charge in [-0.3, -0.25) is 4.79 Å². The second-order valence-electron chi connectivity index (χ2n) is 5.61. The van der Waals surface area contributed by atoms with Crippen LogP contribution in [0.1, 0.15) is 25.3 Å². The summed E-state index contributed by atoms with van der Waals surface area (Å²) in [5, 5.41) is 0. The lowest BCUT2D eigenvalue weighted by molar-refractivity contribution is -0.131. The maximum atomic E-state index is 12.3. The van der Waals surface area contributed by atoms with Crippen molar-refractivity contribution in [3.05, 3.63) is 29.8 Å². The largest absolute Gasteiger partial charge is 0.497 e. The molecule has 1 heterocycles. The Morgan fingerprint density at radius 2 is 2.10 bits per heavy atom. The maximum absolute atomic E-state index is 12.3. The van der Waals surface area contributed by atoms with E-state index in [0.717, 1.165) is 37.2 Å². The van der Waals surface area contributed by atoms with Gasteiger partial charge in [-0.25, -0.2) is 0 Å². The molecular weight excluding hydrogens is 288 g/mol. The zero-order valence-corrected chi connectivity index (χ0v) is 13.6. The van der Waals surface area contributed by atoms with Crippen LogP contribution in [0, 0.1) is 5.92 Å². The number of ether oxygens (including phenoxy) is 1. The third-order valence-electron chi connectivity index (χ3n) is 4.13. The van der Waals surface area contributed by atoms with E-state index in [-0.39, 0.29) is 24.4 Å². The van der Waals surface area contributed by atoms with Crippen LogP contribution in [0.2, 0.25) is 0 Å². The molecule has 118 valence electrons. The topological polar surface area (TPSA) is 55.6 Å². The highest BCUT2D eigenvalue weighted by Gasteiger charge is 2.24. The Bertz CT molecular complexity index is 457. The molecule has 1 aromatic rings. The molecule has 1 saturated heterocycles. The second kappa shape index (κ2) is 8.25. The van der Waals surface area contributed by atoms with Crippen molar-refractivity contribution in [3.8, 4) is 5.75 Å². The number of nitrogens with two attached hydrogens (primary N) is 1. The molecule has 0 spiro atoms. The molecule has 5 heteroatoms. The summed E-state index contributed by atoms with van der Waals surface area (Å²) in [6.07, 6.45) is 2.48. The van der Waals surface area contributed by atoms with E-state index in [1.807, 2.05) is 29.2 Å². The number of amides is 1. The summed E-state index contributed by atoms with van der Waals surface area (Å²) in [4.78, 5) is 14.3. The fourth-order valence-electron chi connectivity index (χ4n) is 2.74. The van der Waals surface area contributed by atoms with Crippen molar-refractivity contribution in [1.82, 2.24) is 4.90 Å². The van der Waals surface area contributed by atoms with E-state index in [9.17, 15) is 4.79 Å². The van der Waals surface area contributed by atoms with E-state index in [4.69, 9.17) is 10.5 Å². The lowest BCUT2D eigenvalue weighted by Crippen LogP contribution is -2.43.